The second-order valence-electron chi connectivity index (χ2n) is 9.23. The molecule has 0 amide bonds. The first kappa shape index (κ1) is 23.3. The first-order chi connectivity index (χ1) is 15.8. The molecular formula is C25H41N5O2. The summed E-state index contributed by atoms with van der Waals surface area (Å²) in [7, 11) is 1.72. The normalized spacial score (nSPS) is 25.9. The van der Waals surface area contributed by atoms with Crippen molar-refractivity contribution < 1.29 is 9.47 Å². The predicted molar refractivity (Wildman–Crippen MR) is 129 cm³/mol. The van der Waals surface area contributed by atoms with Crippen molar-refractivity contribution in [2.75, 3.05) is 59.5 Å². The molecule has 0 saturated carbocycles. The van der Waals surface area contributed by atoms with Gasteiger partial charge in [-0.3, -0.25) is 14.8 Å². The fourth-order valence-corrected chi connectivity index (χ4v) is 5.23. The van der Waals surface area contributed by atoms with Crippen LogP contribution < -0.4 is 15.4 Å². The van der Waals surface area contributed by atoms with Gasteiger partial charge in [-0.2, -0.15) is 0 Å². The molecule has 7 heteroatoms. The molecule has 0 radical (unpaired) electrons. The predicted octanol–water partition coefficient (Wildman–Crippen LogP) is 2.64. The second-order valence-corrected chi connectivity index (χ2v) is 9.23. The van der Waals surface area contributed by atoms with Gasteiger partial charge in [0, 0.05) is 25.7 Å². The maximum absolute atomic E-state index is 6.13. The number of hydrogen-bond donors (Lipinski definition) is 2. The van der Waals surface area contributed by atoms with Crippen molar-refractivity contribution in [1.29, 1.82) is 0 Å². The van der Waals surface area contributed by atoms with E-state index in [1.54, 1.807) is 7.11 Å². The Morgan fingerprint density at radius 1 is 1.12 bits per heavy atom. The number of benzene rings is 1. The van der Waals surface area contributed by atoms with Crippen molar-refractivity contribution in [2.24, 2.45) is 4.99 Å². The van der Waals surface area contributed by atoms with Crippen molar-refractivity contribution >= 4 is 5.96 Å². The van der Waals surface area contributed by atoms with Crippen LogP contribution in [0.5, 0.6) is 5.75 Å². The van der Waals surface area contributed by atoms with Crippen LogP contribution in [0.25, 0.3) is 0 Å². The summed E-state index contributed by atoms with van der Waals surface area (Å²) in [4.78, 5) is 10.2. The summed E-state index contributed by atoms with van der Waals surface area (Å²) >= 11 is 0. The second kappa shape index (κ2) is 11.9. The Labute approximate surface area is 193 Å². The van der Waals surface area contributed by atoms with Gasteiger partial charge in [-0.15, -0.1) is 0 Å². The zero-order valence-electron chi connectivity index (χ0n) is 19.9. The van der Waals surface area contributed by atoms with E-state index in [-0.39, 0.29) is 12.1 Å². The van der Waals surface area contributed by atoms with E-state index >= 15 is 0 Å². The third-order valence-corrected chi connectivity index (χ3v) is 7.06. The number of ether oxygens (including phenoxy) is 2. The summed E-state index contributed by atoms with van der Waals surface area (Å²) in [6.07, 6.45) is 6.69. The SMILES string of the molecule is CCNC(=NCC(c1ccc(OC)cc1)N1CCCCC1)NCC1CN2CCCC2CO1. The van der Waals surface area contributed by atoms with E-state index in [2.05, 4.69) is 51.6 Å². The molecule has 3 heterocycles. The number of guanidine groups is 1. The van der Waals surface area contributed by atoms with Crippen LogP contribution in [0.2, 0.25) is 0 Å². The lowest BCUT2D eigenvalue weighted by atomic mass is 10.0. The highest BCUT2D eigenvalue weighted by Gasteiger charge is 2.32. The number of likely N-dealkylation sites (tertiary alicyclic amines) is 1. The van der Waals surface area contributed by atoms with Crippen LogP contribution in [0, 0.1) is 0 Å². The molecule has 0 bridgehead atoms. The number of piperidine rings is 1. The van der Waals surface area contributed by atoms with Gasteiger partial charge in [0.05, 0.1) is 32.4 Å². The molecule has 3 atom stereocenters. The number of nitrogens with one attached hydrogen (secondary N) is 2. The van der Waals surface area contributed by atoms with Crippen LogP contribution in [0.15, 0.2) is 29.3 Å². The maximum Gasteiger partial charge on any atom is 0.191 e. The summed E-state index contributed by atoms with van der Waals surface area (Å²) < 4.78 is 11.5. The van der Waals surface area contributed by atoms with Crippen molar-refractivity contribution in [2.45, 2.75) is 57.2 Å². The molecule has 32 heavy (non-hydrogen) atoms. The fraction of sp³-hybridized carbons (Fsp3) is 0.720. The van der Waals surface area contributed by atoms with Gasteiger partial charge in [0.2, 0.25) is 0 Å². The minimum absolute atomic E-state index is 0.229. The van der Waals surface area contributed by atoms with Gasteiger partial charge in [0.25, 0.3) is 0 Å². The molecule has 0 aliphatic carbocycles. The van der Waals surface area contributed by atoms with E-state index in [1.165, 1.54) is 44.2 Å². The van der Waals surface area contributed by atoms with Crippen LogP contribution in [-0.4, -0.2) is 87.4 Å². The summed E-state index contributed by atoms with van der Waals surface area (Å²) in [6, 6.07) is 9.43. The Hall–Kier alpha value is -1.83. The van der Waals surface area contributed by atoms with E-state index in [1.807, 2.05) is 0 Å². The van der Waals surface area contributed by atoms with Gasteiger partial charge in [0.1, 0.15) is 5.75 Å². The number of rotatable bonds is 8. The third-order valence-electron chi connectivity index (χ3n) is 7.06. The number of morpholine rings is 1. The van der Waals surface area contributed by atoms with Gasteiger partial charge in [-0.05, 0) is 69.9 Å². The first-order valence-corrected chi connectivity index (χ1v) is 12.5. The van der Waals surface area contributed by atoms with Crippen LogP contribution in [0.3, 0.4) is 0 Å². The fourth-order valence-electron chi connectivity index (χ4n) is 5.23. The Bertz CT molecular complexity index is 720. The number of methoxy groups -OCH3 is 1. The number of aliphatic imine (C=N–C) groups is 1. The van der Waals surface area contributed by atoms with E-state index < -0.39 is 0 Å². The Kier molecular flexibility index (Phi) is 8.65. The molecule has 4 rings (SSSR count). The quantitative estimate of drug-likeness (QED) is 0.476. The molecule has 0 aromatic heterocycles. The van der Waals surface area contributed by atoms with Gasteiger partial charge in [-0.25, -0.2) is 0 Å². The van der Waals surface area contributed by atoms with Gasteiger partial charge < -0.3 is 20.1 Å². The summed E-state index contributed by atoms with van der Waals surface area (Å²) in [5.41, 5.74) is 1.31. The molecule has 0 spiro atoms. The molecular weight excluding hydrogens is 402 g/mol. The van der Waals surface area contributed by atoms with Gasteiger partial charge >= 0.3 is 0 Å². The minimum Gasteiger partial charge on any atom is -0.497 e. The number of hydrogen-bond acceptors (Lipinski definition) is 5. The number of fused-ring (bicyclic) bond motifs is 1. The van der Waals surface area contributed by atoms with Crippen LogP contribution in [0.4, 0.5) is 0 Å². The molecule has 1 aromatic rings. The minimum atomic E-state index is 0.229. The smallest absolute Gasteiger partial charge is 0.191 e. The third kappa shape index (κ3) is 6.15. The zero-order valence-corrected chi connectivity index (χ0v) is 19.9. The Morgan fingerprint density at radius 3 is 2.69 bits per heavy atom. The maximum atomic E-state index is 6.13. The lowest BCUT2D eigenvalue weighted by molar-refractivity contribution is -0.0453. The standard InChI is InChI=1S/C25H41N5O2/c1-3-26-25(27-16-23-18-30-15-7-8-21(30)19-32-23)28-17-24(29-13-5-4-6-14-29)20-9-11-22(31-2)12-10-20/h9-12,21,23-24H,3-8,13-19H2,1-2H3,(H2,26,27,28). The Morgan fingerprint density at radius 2 is 1.94 bits per heavy atom. The Balaban J connectivity index is 1.39. The van der Waals surface area contributed by atoms with Crippen LogP contribution >= 0.6 is 0 Å². The van der Waals surface area contributed by atoms with Crippen LogP contribution in [-0.2, 0) is 4.74 Å². The topological polar surface area (TPSA) is 61.4 Å². The van der Waals surface area contributed by atoms with E-state index in [4.69, 9.17) is 14.5 Å². The molecule has 3 saturated heterocycles. The average molecular weight is 444 g/mol. The zero-order chi connectivity index (χ0) is 22.2. The first-order valence-electron chi connectivity index (χ1n) is 12.5. The highest BCUT2D eigenvalue weighted by Crippen LogP contribution is 2.27. The van der Waals surface area contributed by atoms with Gasteiger partial charge in [-0.1, -0.05) is 18.6 Å². The average Bonchev–Trinajstić information content (AvgIpc) is 3.31. The highest BCUT2D eigenvalue weighted by atomic mass is 16.5. The van der Waals surface area contributed by atoms with Crippen molar-refractivity contribution in [1.82, 2.24) is 20.4 Å². The summed E-state index contributed by atoms with van der Waals surface area (Å²) in [5.74, 6) is 1.78. The lowest BCUT2D eigenvalue weighted by Gasteiger charge is -2.35. The van der Waals surface area contributed by atoms with Crippen LogP contribution in [0.1, 0.15) is 50.6 Å². The molecule has 7 nitrogen and oxygen atoms in total. The molecule has 1 aromatic carbocycles. The molecule has 3 unspecified atom stereocenters. The van der Waals surface area contributed by atoms with E-state index in [0.717, 1.165) is 57.6 Å². The largest absolute Gasteiger partial charge is 0.497 e. The lowest BCUT2D eigenvalue weighted by Crippen LogP contribution is -2.51. The number of nitrogens with zero attached hydrogens (tertiary/aromatic N) is 3. The van der Waals surface area contributed by atoms with Gasteiger partial charge in [0.15, 0.2) is 5.96 Å². The highest BCUT2D eigenvalue weighted by molar-refractivity contribution is 5.79. The monoisotopic (exact) mass is 443 g/mol. The molecule has 3 fully saturated rings. The molecule has 3 aliphatic rings. The summed E-state index contributed by atoms with van der Waals surface area (Å²) in [5, 5.41) is 6.97. The van der Waals surface area contributed by atoms with Crippen molar-refractivity contribution in [3.63, 3.8) is 0 Å². The van der Waals surface area contributed by atoms with E-state index in [9.17, 15) is 0 Å². The van der Waals surface area contributed by atoms with Crippen molar-refractivity contribution in [3.05, 3.63) is 29.8 Å². The molecule has 2 N–H and O–H groups in total. The summed E-state index contributed by atoms with van der Waals surface area (Å²) in [6.45, 7) is 9.91. The molecule has 178 valence electrons. The molecule has 3 aliphatic heterocycles. The van der Waals surface area contributed by atoms with E-state index in [0.29, 0.717) is 6.04 Å². The van der Waals surface area contributed by atoms with Crippen molar-refractivity contribution in [3.8, 4) is 5.75 Å².